The molecule has 1 aliphatic rings. The molecule has 0 atom stereocenters. The predicted octanol–water partition coefficient (Wildman–Crippen LogP) is 2.79. The fourth-order valence-corrected chi connectivity index (χ4v) is 4.76. The SMILES string of the molecule is CN(Cc1nccn1C)C1(CN)CC(C)(C)CC(C)(C)C1. The summed E-state index contributed by atoms with van der Waals surface area (Å²) in [7, 11) is 4.26. The molecule has 0 saturated heterocycles. The molecule has 1 aromatic heterocycles. The highest BCUT2D eigenvalue weighted by atomic mass is 15.2. The number of hydrogen-bond donors (Lipinski definition) is 1. The first kappa shape index (κ1) is 16.5. The average molecular weight is 292 g/mol. The lowest BCUT2D eigenvalue weighted by molar-refractivity contribution is -0.0368. The summed E-state index contributed by atoms with van der Waals surface area (Å²) >= 11 is 0. The second kappa shape index (κ2) is 5.40. The summed E-state index contributed by atoms with van der Waals surface area (Å²) in [4.78, 5) is 6.91. The van der Waals surface area contributed by atoms with Crippen molar-refractivity contribution in [1.29, 1.82) is 0 Å². The van der Waals surface area contributed by atoms with Gasteiger partial charge in [-0.3, -0.25) is 4.90 Å². The van der Waals surface area contributed by atoms with Gasteiger partial charge in [0.15, 0.2) is 0 Å². The summed E-state index contributed by atoms with van der Waals surface area (Å²) in [6.07, 6.45) is 7.44. The molecule has 1 aliphatic carbocycles. The fraction of sp³-hybridized carbons (Fsp3) is 0.824. The maximum Gasteiger partial charge on any atom is 0.122 e. The molecule has 4 nitrogen and oxygen atoms in total. The normalized spacial score (nSPS) is 23.4. The van der Waals surface area contributed by atoms with Crippen LogP contribution in [0.2, 0.25) is 0 Å². The van der Waals surface area contributed by atoms with E-state index < -0.39 is 0 Å². The van der Waals surface area contributed by atoms with Crippen molar-refractivity contribution in [1.82, 2.24) is 14.5 Å². The Hall–Kier alpha value is -0.870. The number of imidazole rings is 1. The fourth-order valence-electron chi connectivity index (χ4n) is 4.76. The van der Waals surface area contributed by atoms with Gasteiger partial charge in [-0.25, -0.2) is 4.98 Å². The lowest BCUT2D eigenvalue weighted by Gasteiger charge is -2.55. The van der Waals surface area contributed by atoms with Crippen molar-refractivity contribution in [3.63, 3.8) is 0 Å². The topological polar surface area (TPSA) is 47.1 Å². The summed E-state index contributed by atoms with van der Waals surface area (Å²) in [6.45, 7) is 11.1. The Bertz CT molecular complexity index is 471. The molecule has 2 N–H and O–H groups in total. The van der Waals surface area contributed by atoms with E-state index in [1.54, 1.807) is 0 Å². The van der Waals surface area contributed by atoms with E-state index in [1.165, 1.54) is 6.42 Å². The van der Waals surface area contributed by atoms with Crippen LogP contribution in [0, 0.1) is 10.8 Å². The van der Waals surface area contributed by atoms with Crippen molar-refractivity contribution in [2.75, 3.05) is 13.6 Å². The lowest BCUT2D eigenvalue weighted by Crippen LogP contribution is -2.59. The Labute approximate surface area is 129 Å². The standard InChI is InChI=1S/C17H32N4/c1-15(2)10-16(3,4)12-17(11-15,13-18)21(6)9-14-19-7-8-20(14)5/h7-8H,9-13,18H2,1-6H3. The van der Waals surface area contributed by atoms with Crippen molar-refractivity contribution in [3.05, 3.63) is 18.2 Å². The molecule has 0 amide bonds. The Morgan fingerprint density at radius 2 is 1.76 bits per heavy atom. The van der Waals surface area contributed by atoms with Crippen LogP contribution in [0.5, 0.6) is 0 Å². The molecule has 0 aliphatic heterocycles. The van der Waals surface area contributed by atoms with Gasteiger partial charge in [0.1, 0.15) is 5.82 Å². The van der Waals surface area contributed by atoms with Crippen LogP contribution in [-0.4, -0.2) is 33.6 Å². The van der Waals surface area contributed by atoms with Crippen molar-refractivity contribution in [3.8, 4) is 0 Å². The molecule has 0 aromatic carbocycles. The van der Waals surface area contributed by atoms with Crippen LogP contribution in [0.1, 0.15) is 52.8 Å². The van der Waals surface area contributed by atoms with Crippen LogP contribution in [0.25, 0.3) is 0 Å². The molecule has 2 rings (SSSR count). The van der Waals surface area contributed by atoms with Crippen LogP contribution in [0.15, 0.2) is 12.4 Å². The Balaban J connectivity index is 2.25. The Kier molecular flexibility index (Phi) is 4.24. The van der Waals surface area contributed by atoms with Crippen LogP contribution < -0.4 is 5.73 Å². The second-order valence-corrected chi connectivity index (χ2v) is 8.60. The molecular formula is C17H32N4. The average Bonchev–Trinajstić information content (AvgIpc) is 2.71. The first-order valence-corrected chi connectivity index (χ1v) is 7.97. The number of rotatable bonds is 4. The first-order chi connectivity index (χ1) is 9.59. The summed E-state index contributed by atoms with van der Waals surface area (Å²) in [5.74, 6) is 1.10. The Morgan fingerprint density at radius 3 is 2.19 bits per heavy atom. The second-order valence-electron chi connectivity index (χ2n) is 8.60. The zero-order valence-electron chi connectivity index (χ0n) is 14.6. The molecule has 0 radical (unpaired) electrons. The van der Waals surface area contributed by atoms with Gasteiger partial charge in [0.25, 0.3) is 0 Å². The Morgan fingerprint density at radius 1 is 1.19 bits per heavy atom. The molecule has 120 valence electrons. The maximum atomic E-state index is 6.28. The van der Waals surface area contributed by atoms with E-state index in [1.807, 2.05) is 12.4 Å². The maximum absolute atomic E-state index is 6.28. The third-order valence-electron chi connectivity index (χ3n) is 5.06. The van der Waals surface area contributed by atoms with Crippen LogP contribution >= 0.6 is 0 Å². The van der Waals surface area contributed by atoms with Crippen molar-refractivity contribution >= 4 is 0 Å². The van der Waals surface area contributed by atoms with Gasteiger partial charge in [-0.1, -0.05) is 27.7 Å². The largest absolute Gasteiger partial charge is 0.337 e. The highest BCUT2D eigenvalue weighted by Gasteiger charge is 2.48. The number of aromatic nitrogens is 2. The molecule has 21 heavy (non-hydrogen) atoms. The van der Waals surface area contributed by atoms with Gasteiger partial charge in [-0.05, 0) is 37.1 Å². The van der Waals surface area contributed by atoms with E-state index in [-0.39, 0.29) is 5.54 Å². The molecule has 1 fully saturated rings. The quantitative estimate of drug-likeness (QED) is 0.928. The minimum Gasteiger partial charge on any atom is -0.337 e. The van der Waals surface area contributed by atoms with Crippen LogP contribution in [-0.2, 0) is 13.6 Å². The molecule has 0 spiro atoms. The number of likely N-dealkylation sites (N-methyl/N-ethyl adjacent to an activating group) is 1. The molecule has 4 heteroatoms. The van der Waals surface area contributed by atoms with Crippen molar-refractivity contribution < 1.29 is 0 Å². The van der Waals surface area contributed by atoms with Gasteiger partial charge in [-0.15, -0.1) is 0 Å². The van der Waals surface area contributed by atoms with E-state index in [9.17, 15) is 0 Å². The molecule has 0 unspecified atom stereocenters. The van der Waals surface area contributed by atoms with Gasteiger partial charge in [0.05, 0.1) is 6.54 Å². The minimum atomic E-state index is 0.0667. The predicted molar refractivity (Wildman–Crippen MR) is 87.9 cm³/mol. The van der Waals surface area contributed by atoms with Gasteiger partial charge in [-0.2, -0.15) is 0 Å². The summed E-state index contributed by atoms with van der Waals surface area (Å²) in [6, 6.07) is 0. The summed E-state index contributed by atoms with van der Waals surface area (Å²) in [5.41, 5.74) is 7.01. The third kappa shape index (κ3) is 3.49. The number of nitrogens with zero attached hydrogens (tertiary/aromatic N) is 3. The smallest absolute Gasteiger partial charge is 0.122 e. The number of hydrogen-bond acceptors (Lipinski definition) is 3. The minimum absolute atomic E-state index is 0.0667. The summed E-state index contributed by atoms with van der Waals surface area (Å²) in [5, 5.41) is 0. The van der Waals surface area contributed by atoms with Crippen molar-refractivity contribution in [2.45, 2.75) is 59.0 Å². The van der Waals surface area contributed by atoms with Gasteiger partial charge >= 0.3 is 0 Å². The first-order valence-electron chi connectivity index (χ1n) is 7.97. The molecule has 1 saturated carbocycles. The summed E-state index contributed by atoms with van der Waals surface area (Å²) < 4.78 is 2.10. The zero-order valence-corrected chi connectivity index (χ0v) is 14.6. The molecule has 0 bridgehead atoms. The van der Waals surface area contributed by atoms with Gasteiger partial charge < -0.3 is 10.3 Å². The van der Waals surface area contributed by atoms with Crippen LogP contribution in [0.3, 0.4) is 0 Å². The monoisotopic (exact) mass is 292 g/mol. The van der Waals surface area contributed by atoms with Gasteiger partial charge in [0.2, 0.25) is 0 Å². The molecule has 1 heterocycles. The van der Waals surface area contributed by atoms with E-state index in [4.69, 9.17) is 5.73 Å². The third-order valence-corrected chi connectivity index (χ3v) is 5.06. The zero-order chi connectivity index (χ0) is 15.9. The van der Waals surface area contributed by atoms with E-state index >= 15 is 0 Å². The van der Waals surface area contributed by atoms with Gasteiger partial charge in [0, 0.05) is 31.5 Å². The van der Waals surface area contributed by atoms with E-state index in [0.29, 0.717) is 17.4 Å². The van der Waals surface area contributed by atoms with E-state index in [0.717, 1.165) is 25.2 Å². The van der Waals surface area contributed by atoms with Crippen molar-refractivity contribution in [2.24, 2.45) is 23.6 Å². The van der Waals surface area contributed by atoms with Crippen LogP contribution in [0.4, 0.5) is 0 Å². The number of aryl methyl sites for hydroxylation is 1. The molecule has 1 aromatic rings. The highest BCUT2D eigenvalue weighted by Crippen LogP contribution is 2.51. The van der Waals surface area contributed by atoms with E-state index in [2.05, 4.69) is 56.2 Å². The molecular weight excluding hydrogens is 260 g/mol. The number of nitrogens with two attached hydrogens (primary N) is 1. The lowest BCUT2D eigenvalue weighted by atomic mass is 9.58. The highest BCUT2D eigenvalue weighted by molar-refractivity contribution is 5.05.